The average molecular weight is 401 g/mol. The van der Waals surface area contributed by atoms with Crippen molar-refractivity contribution >= 4 is 23.4 Å². The summed E-state index contributed by atoms with van der Waals surface area (Å²) in [5, 5.41) is 14.3. The molecule has 3 unspecified atom stereocenters. The molecule has 8 nitrogen and oxygen atoms in total. The number of carbonyl (C=O) groups excluding carboxylic acids is 3. The summed E-state index contributed by atoms with van der Waals surface area (Å²) in [6.07, 6.45) is 4.01. The van der Waals surface area contributed by atoms with Crippen molar-refractivity contribution in [3.05, 3.63) is 39.4 Å². The lowest BCUT2D eigenvalue weighted by Gasteiger charge is -2.41. The summed E-state index contributed by atoms with van der Waals surface area (Å²) in [6.45, 7) is 7.93. The third-order valence-corrected chi connectivity index (χ3v) is 6.09. The Balaban J connectivity index is 1.81. The highest BCUT2D eigenvalue weighted by Crippen LogP contribution is 2.38. The predicted molar refractivity (Wildman–Crippen MR) is 106 cm³/mol. The Morgan fingerprint density at radius 1 is 1.21 bits per heavy atom. The van der Waals surface area contributed by atoms with E-state index in [4.69, 9.17) is 0 Å². The normalized spacial score (nSPS) is 23.0. The number of nitro groups is 1. The lowest BCUT2D eigenvalue weighted by Crippen LogP contribution is -2.53. The fourth-order valence-corrected chi connectivity index (χ4v) is 4.55. The van der Waals surface area contributed by atoms with Crippen molar-refractivity contribution < 1.29 is 19.3 Å². The van der Waals surface area contributed by atoms with Crippen LogP contribution in [-0.4, -0.2) is 39.6 Å². The zero-order valence-electron chi connectivity index (χ0n) is 17.2. The fourth-order valence-electron chi connectivity index (χ4n) is 4.55. The number of nitro benzene ring substituents is 1. The van der Waals surface area contributed by atoms with Gasteiger partial charge in [-0.05, 0) is 37.2 Å². The van der Waals surface area contributed by atoms with Gasteiger partial charge < -0.3 is 5.32 Å². The lowest BCUT2D eigenvalue weighted by molar-refractivity contribution is -0.385. The van der Waals surface area contributed by atoms with E-state index < -0.39 is 34.4 Å². The van der Waals surface area contributed by atoms with E-state index >= 15 is 0 Å². The molecule has 0 saturated heterocycles. The van der Waals surface area contributed by atoms with Gasteiger partial charge in [0.1, 0.15) is 11.6 Å². The maximum Gasteiger partial charge on any atom is 0.282 e. The van der Waals surface area contributed by atoms with Crippen LogP contribution < -0.4 is 5.32 Å². The molecule has 0 spiro atoms. The minimum atomic E-state index is -1.05. The molecule has 1 heterocycles. The Bertz CT molecular complexity index is 874. The molecule has 0 bridgehead atoms. The molecule has 1 aromatic rings. The zero-order chi connectivity index (χ0) is 21.5. The summed E-state index contributed by atoms with van der Waals surface area (Å²) in [5.74, 6) is -1.58. The molecule has 156 valence electrons. The van der Waals surface area contributed by atoms with E-state index in [1.54, 1.807) is 0 Å². The van der Waals surface area contributed by atoms with Gasteiger partial charge in [-0.1, -0.05) is 39.7 Å². The van der Waals surface area contributed by atoms with Crippen LogP contribution in [0, 0.1) is 21.4 Å². The number of imide groups is 1. The van der Waals surface area contributed by atoms with E-state index in [-0.39, 0.29) is 22.6 Å². The van der Waals surface area contributed by atoms with Crippen molar-refractivity contribution in [3.63, 3.8) is 0 Å². The zero-order valence-corrected chi connectivity index (χ0v) is 17.2. The highest BCUT2D eigenvalue weighted by molar-refractivity contribution is 6.24. The summed E-state index contributed by atoms with van der Waals surface area (Å²) in [6, 6.07) is 2.86. The number of nitrogens with zero attached hydrogens (tertiary/aromatic N) is 2. The van der Waals surface area contributed by atoms with Crippen LogP contribution in [0.25, 0.3) is 0 Å². The van der Waals surface area contributed by atoms with Crippen molar-refractivity contribution in [2.24, 2.45) is 11.3 Å². The van der Waals surface area contributed by atoms with Crippen LogP contribution in [0.5, 0.6) is 0 Å². The first-order valence-electron chi connectivity index (χ1n) is 9.99. The third kappa shape index (κ3) is 3.75. The van der Waals surface area contributed by atoms with Crippen molar-refractivity contribution in [2.75, 3.05) is 0 Å². The van der Waals surface area contributed by atoms with Gasteiger partial charge in [0.2, 0.25) is 5.91 Å². The molecule has 29 heavy (non-hydrogen) atoms. The molecular formula is C21H27N3O5. The first-order valence-corrected chi connectivity index (χ1v) is 9.99. The first kappa shape index (κ1) is 21.0. The minimum absolute atomic E-state index is 0.0248. The molecule has 1 fully saturated rings. The van der Waals surface area contributed by atoms with Crippen molar-refractivity contribution in [1.29, 1.82) is 0 Å². The highest BCUT2D eigenvalue weighted by atomic mass is 16.6. The van der Waals surface area contributed by atoms with Gasteiger partial charge in [-0.25, -0.2) is 0 Å². The number of benzene rings is 1. The molecule has 1 N–H and O–H groups in total. The summed E-state index contributed by atoms with van der Waals surface area (Å²) < 4.78 is 0. The number of amides is 3. The van der Waals surface area contributed by atoms with Crippen molar-refractivity contribution in [3.8, 4) is 0 Å². The molecule has 1 aliphatic heterocycles. The number of hydrogen-bond acceptors (Lipinski definition) is 5. The van der Waals surface area contributed by atoms with E-state index in [9.17, 15) is 24.5 Å². The SMILES string of the molecule is CC(C(=O)NC1CCCCC1C(C)(C)C)N1C(=O)c2cccc([N+](=O)[O-])c2C1=O. The monoisotopic (exact) mass is 401 g/mol. The number of rotatable bonds is 4. The van der Waals surface area contributed by atoms with Crippen LogP contribution in [0.1, 0.15) is 74.1 Å². The van der Waals surface area contributed by atoms with Gasteiger partial charge in [-0.15, -0.1) is 0 Å². The van der Waals surface area contributed by atoms with Crippen LogP contribution in [0.4, 0.5) is 5.69 Å². The number of hydrogen-bond donors (Lipinski definition) is 1. The second-order valence-electron chi connectivity index (χ2n) is 8.99. The largest absolute Gasteiger partial charge is 0.351 e. The molecule has 3 rings (SSSR count). The highest BCUT2D eigenvalue weighted by Gasteiger charge is 2.45. The molecule has 3 amide bonds. The van der Waals surface area contributed by atoms with E-state index in [1.807, 2.05) is 0 Å². The molecular weight excluding hydrogens is 374 g/mol. The maximum absolute atomic E-state index is 12.9. The quantitative estimate of drug-likeness (QED) is 0.473. The number of nitrogens with one attached hydrogen (secondary N) is 1. The summed E-state index contributed by atoms with van der Waals surface area (Å²) >= 11 is 0. The van der Waals surface area contributed by atoms with E-state index in [2.05, 4.69) is 26.1 Å². The Hall–Kier alpha value is -2.77. The summed E-state index contributed by atoms with van der Waals surface area (Å²) in [5.41, 5.74) is -0.671. The Labute approximate surface area is 169 Å². The van der Waals surface area contributed by atoms with Gasteiger partial charge in [-0.3, -0.25) is 29.4 Å². The van der Waals surface area contributed by atoms with Gasteiger partial charge in [-0.2, -0.15) is 0 Å². The molecule has 2 aliphatic rings. The maximum atomic E-state index is 12.9. The first-order chi connectivity index (χ1) is 13.5. The third-order valence-electron chi connectivity index (χ3n) is 6.09. The lowest BCUT2D eigenvalue weighted by atomic mass is 9.69. The number of carbonyl (C=O) groups is 3. The van der Waals surface area contributed by atoms with Crippen molar-refractivity contribution in [2.45, 2.75) is 65.5 Å². The predicted octanol–water partition coefficient (Wildman–Crippen LogP) is 3.30. The van der Waals surface area contributed by atoms with Crippen LogP contribution >= 0.6 is 0 Å². The summed E-state index contributed by atoms with van der Waals surface area (Å²) in [4.78, 5) is 49.9. The van der Waals surface area contributed by atoms with Crippen LogP contribution in [0.3, 0.4) is 0 Å². The Kier molecular flexibility index (Phi) is 5.47. The standard InChI is InChI=1S/C21H27N3O5/c1-12(18(25)22-15-10-6-5-9-14(15)21(2,3)4)23-19(26)13-8-7-11-16(24(28)29)17(13)20(23)27/h7-8,11-12,14-15H,5-6,9-10H2,1-4H3,(H,22,25). The Morgan fingerprint density at radius 3 is 2.48 bits per heavy atom. The average Bonchev–Trinajstić information content (AvgIpc) is 2.91. The molecule has 1 aliphatic carbocycles. The minimum Gasteiger partial charge on any atom is -0.351 e. The molecule has 0 radical (unpaired) electrons. The van der Waals surface area contributed by atoms with Crippen LogP contribution in [0.2, 0.25) is 0 Å². The van der Waals surface area contributed by atoms with E-state index in [0.717, 1.165) is 30.6 Å². The molecule has 8 heteroatoms. The fraction of sp³-hybridized carbons (Fsp3) is 0.571. The van der Waals surface area contributed by atoms with Crippen molar-refractivity contribution in [1.82, 2.24) is 10.2 Å². The molecule has 1 saturated carbocycles. The Morgan fingerprint density at radius 2 is 1.86 bits per heavy atom. The number of fused-ring (bicyclic) bond motifs is 1. The molecule has 0 aromatic heterocycles. The van der Waals surface area contributed by atoms with E-state index in [1.165, 1.54) is 25.1 Å². The van der Waals surface area contributed by atoms with Gasteiger partial charge >= 0.3 is 0 Å². The van der Waals surface area contributed by atoms with Gasteiger partial charge in [0.25, 0.3) is 17.5 Å². The second kappa shape index (κ2) is 7.57. The smallest absolute Gasteiger partial charge is 0.282 e. The molecule has 3 atom stereocenters. The van der Waals surface area contributed by atoms with E-state index in [0.29, 0.717) is 5.92 Å². The molecule has 1 aromatic carbocycles. The van der Waals surface area contributed by atoms with Gasteiger partial charge in [0.05, 0.1) is 10.5 Å². The van der Waals surface area contributed by atoms with Gasteiger partial charge in [0, 0.05) is 12.1 Å². The summed E-state index contributed by atoms with van der Waals surface area (Å²) in [7, 11) is 0. The topological polar surface area (TPSA) is 110 Å². The van der Waals surface area contributed by atoms with Gasteiger partial charge in [0.15, 0.2) is 0 Å². The van der Waals surface area contributed by atoms with Crippen LogP contribution in [0.15, 0.2) is 18.2 Å². The van der Waals surface area contributed by atoms with Crippen LogP contribution in [-0.2, 0) is 4.79 Å². The second-order valence-corrected chi connectivity index (χ2v) is 8.99.